The standard InChI is InChI=1S/C20H22N4O3S/c1-23(2)28(26,27)19-9-7-18(8-10-19)20(25)22-13-16-3-5-17(6-4-16)14-24-12-11-21-15-24/h3-12,15H,13-14H2,1-2H3,(H,22,25). The van der Waals surface area contributed by atoms with Crippen molar-refractivity contribution in [2.45, 2.75) is 18.0 Å². The summed E-state index contributed by atoms with van der Waals surface area (Å²) in [6, 6.07) is 13.9. The van der Waals surface area contributed by atoms with Gasteiger partial charge in [0, 0.05) is 45.1 Å². The van der Waals surface area contributed by atoms with Crippen LogP contribution in [0, 0.1) is 0 Å². The lowest BCUT2D eigenvalue weighted by molar-refractivity contribution is 0.0951. The molecule has 0 atom stereocenters. The molecule has 0 unspecified atom stereocenters. The largest absolute Gasteiger partial charge is 0.348 e. The van der Waals surface area contributed by atoms with Crippen LogP contribution in [0.3, 0.4) is 0 Å². The van der Waals surface area contributed by atoms with Crippen LogP contribution >= 0.6 is 0 Å². The third-order valence-electron chi connectivity index (χ3n) is 4.30. The Labute approximate surface area is 164 Å². The molecule has 8 heteroatoms. The Hall–Kier alpha value is -2.97. The normalized spacial score (nSPS) is 11.5. The number of imidazole rings is 1. The zero-order valence-electron chi connectivity index (χ0n) is 15.7. The molecule has 146 valence electrons. The van der Waals surface area contributed by atoms with Gasteiger partial charge < -0.3 is 9.88 Å². The number of nitrogens with one attached hydrogen (secondary N) is 1. The topological polar surface area (TPSA) is 84.3 Å². The van der Waals surface area contributed by atoms with Crippen molar-refractivity contribution in [1.82, 2.24) is 19.2 Å². The van der Waals surface area contributed by atoms with Gasteiger partial charge in [-0.25, -0.2) is 17.7 Å². The highest BCUT2D eigenvalue weighted by Gasteiger charge is 2.17. The molecule has 1 aromatic heterocycles. The van der Waals surface area contributed by atoms with Crippen LogP contribution in [0.25, 0.3) is 0 Å². The molecule has 0 bridgehead atoms. The minimum atomic E-state index is -3.50. The van der Waals surface area contributed by atoms with Crippen LogP contribution in [0.5, 0.6) is 0 Å². The number of aromatic nitrogens is 2. The fourth-order valence-electron chi connectivity index (χ4n) is 2.63. The highest BCUT2D eigenvalue weighted by Crippen LogP contribution is 2.14. The summed E-state index contributed by atoms with van der Waals surface area (Å²) in [5.74, 6) is -0.253. The van der Waals surface area contributed by atoms with Crippen molar-refractivity contribution in [2.75, 3.05) is 14.1 Å². The van der Waals surface area contributed by atoms with Gasteiger partial charge >= 0.3 is 0 Å². The number of carbonyl (C=O) groups is 1. The van der Waals surface area contributed by atoms with E-state index in [0.717, 1.165) is 22.0 Å². The second kappa shape index (κ2) is 8.37. The predicted octanol–water partition coefficient (Wildman–Crippen LogP) is 2.11. The van der Waals surface area contributed by atoms with E-state index in [4.69, 9.17) is 0 Å². The summed E-state index contributed by atoms with van der Waals surface area (Å²) in [4.78, 5) is 16.5. The zero-order valence-corrected chi connectivity index (χ0v) is 16.6. The fraction of sp³-hybridized carbons (Fsp3) is 0.200. The minimum Gasteiger partial charge on any atom is -0.348 e. The quantitative estimate of drug-likeness (QED) is 0.661. The van der Waals surface area contributed by atoms with Crippen molar-refractivity contribution in [3.8, 4) is 0 Å². The molecule has 0 spiro atoms. The van der Waals surface area contributed by atoms with Crippen LogP contribution in [0.4, 0.5) is 0 Å². The van der Waals surface area contributed by atoms with Crippen LogP contribution in [0.15, 0.2) is 72.1 Å². The van der Waals surface area contributed by atoms with Crippen LogP contribution in [-0.2, 0) is 23.1 Å². The van der Waals surface area contributed by atoms with Gasteiger partial charge in [-0.05, 0) is 35.4 Å². The van der Waals surface area contributed by atoms with Gasteiger partial charge in [0.2, 0.25) is 10.0 Å². The number of hydrogen-bond acceptors (Lipinski definition) is 4. The highest BCUT2D eigenvalue weighted by molar-refractivity contribution is 7.89. The molecule has 0 aliphatic rings. The van der Waals surface area contributed by atoms with Gasteiger partial charge in [0.25, 0.3) is 5.91 Å². The average Bonchev–Trinajstić information content (AvgIpc) is 3.20. The molecule has 3 aromatic rings. The molecule has 28 heavy (non-hydrogen) atoms. The summed E-state index contributed by atoms with van der Waals surface area (Å²) in [5.41, 5.74) is 2.54. The number of benzene rings is 2. The van der Waals surface area contributed by atoms with E-state index in [0.29, 0.717) is 12.1 Å². The monoisotopic (exact) mass is 398 g/mol. The average molecular weight is 398 g/mol. The summed E-state index contributed by atoms with van der Waals surface area (Å²) in [7, 11) is -0.564. The molecule has 0 aliphatic carbocycles. The Kier molecular flexibility index (Phi) is 5.91. The van der Waals surface area contributed by atoms with Crippen molar-refractivity contribution in [3.63, 3.8) is 0 Å². The first-order valence-corrected chi connectivity index (χ1v) is 10.1. The molecular formula is C20H22N4O3S. The van der Waals surface area contributed by atoms with Gasteiger partial charge in [0.15, 0.2) is 0 Å². The Bertz CT molecular complexity index is 1030. The molecule has 1 heterocycles. The number of sulfonamides is 1. The van der Waals surface area contributed by atoms with Crippen molar-refractivity contribution >= 4 is 15.9 Å². The summed E-state index contributed by atoms with van der Waals surface area (Å²) in [6.07, 6.45) is 5.42. The highest BCUT2D eigenvalue weighted by atomic mass is 32.2. The van der Waals surface area contributed by atoms with E-state index in [1.54, 1.807) is 12.5 Å². The number of amides is 1. The number of nitrogens with zero attached hydrogens (tertiary/aromatic N) is 3. The van der Waals surface area contributed by atoms with Gasteiger partial charge in [-0.1, -0.05) is 24.3 Å². The molecule has 0 fully saturated rings. The van der Waals surface area contributed by atoms with Crippen LogP contribution < -0.4 is 5.32 Å². The van der Waals surface area contributed by atoms with Crippen molar-refractivity contribution in [2.24, 2.45) is 0 Å². The summed E-state index contributed by atoms with van der Waals surface area (Å²) < 4.78 is 27.3. The predicted molar refractivity (Wildman–Crippen MR) is 106 cm³/mol. The van der Waals surface area contributed by atoms with Crippen LogP contribution in [0.2, 0.25) is 0 Å². The molecule has 0 saturated carbocycles. The number of rotatable bonds is 7. The number of hydrogen-bond donors (Lipinski definition) is 1. The third kappa shape index (κ3) is 4.65. The van der Waals surface area contributed by atoms with E-state index in [9.17, 15) is 13.2 Å². The van der Waals surface area contributed by atoms with Crippen molar-refractivity contribution < 1.29 is 13.2 Å². The van der Waals surface area contributed by atoms with Crippen LogP contribution in [0.1, 0.15) is 21.5 Å². The maximum absolute atomic E-state index is 12.3. The summed E-state index contributed by atoms with van der Waals surface area (Å²) >= 11 is 0. The molecule has 0 saturated heterocycles. The van der Waals surface area contributed by atoms with E-state index < -0.39 is 10.0 Å². The molecule has 1 N–H and O–H groups in total. The first-order chi connectivity index (χ1) is 13.4. The van der Waals surface area contributed by atoms with Gasteiger partial charge in [-0.15, -0.1) is 0 Å². The summed E-state index contributed by atoms with van der Waals surface area (Å²) in [6.45, 7) is 1.14. The smallest absolute Gasteiger partial charge is 0.251 e. The van der Waals surface area contributed by atoms with E-state index >= 15 is 0 Å². The second-order valence-corrected chi connectivity index (χ2v) is 8.70. The van der Waals surface area contributed by atoms with Gasteiger partial charge in [-0.3, -0.25) is 4.79 Å². The van der Waals surface area contributed by atoms with E-state index in [1.807, 2.05) is 35.0 Å². The van der Waals surface area contributed by atoms with Gasteiger partial charge in [-0.2, -0.15) is 0 Å². The van der Waals surface area contributed by atoms with E-state index in [2.05, 4.69) is 10.3 Å². The second-order valence-electron chi connectivity index (χ2n) is 6.55. The Morgan fingerprint density at radius 2 is 1.68 bits per heavy atom. The molecule has 7 nitrogen and oxygen atoms in total. The minimum absolute atomic E-state index is 0.155. The van der Waals surface area contributed by atoms with Crippen molar-refractivity contribution in [1.29, 1.82) is 0 Å². The zero-order chi connectivity index (χ0) is 20.1. The molecule has 2 aromatic carbocycles. The SMILES string of the molecule is CN(C)S(=O)(=O)c1ccc(C(=O)NCc2ccc(Cn3ccnc3)cc2)cc1. The fourth-order valence-corrected chi connectivity index (χ4v) is 3.53. The van der Waals surface area contributed by atoms with E-state index in [-0.39, 0.29) is 10.8 Å². The Morgan fingerprint density at radius 3 is 2.25 bits per heavy atom. The Morgan fingerprint density at radius 1 is 1.04 bits per heavy atom. The summed E-state index contributed by atoms with van der Waals surface area (Å²) in [5, 5.41) is 2.85. The lowest BCUT2D eigenvalue weighted by Crippen LogP contribution is -2.24. The maximum atomic E-state index is 12.3. The van der Waals surface area contributed by atoms with Crippen LogP contribution in [-0.4, -0.2) is 42.3 Å². The van der Waals surface area contributed by atoms with E-state index in [1.165, 1.54) is 38.4 Å². The van der Waals surface area contributed by atoms with Gasteiger partial charge in [0.05, 0.1) is 11.2 Å². The third-order valence-corrected chi connectivity index (χ3v) is 6.12. The molecule has 0 aliphatic heterocycles. The Balaban J connectivity index is 1.58. The van der Waals surface area contributed by atoms with Crippen molar-refractivity contribution in [3.05, 3.63) is 83.9 Å². The number of carbonyl (C=O) groups excluding carboxylic acids is 1. The molecular weight excluding hydrogens is 376 g/mol. The molecule has 0 radical (unpaired) electrons. The molecule has 3 rings (SSSR count). The first-order valence-electron chi connectivity index (χ1n) is 8.70. The van der Waals surface area contributed by atoms with Gasteiger partial charge in [0.1, 0.15) is 0 Å². The first kappa shape index (κ1) is 19.8. The molecule has 1 amide bonds. The maximum Gasteiger partial charge on any atom is 0.251 e. The lowest BCUT2D eigenvalue weighted by Gasteiger charge is -2.12. The lowest BCUT2D eigenvalue weighted by atomic mass is 10.1.